The Balaban J connectivity index is 1.70. The second-order valence-electron chi connectivity index (χ2n) is 6.17. The summed E-state index contributed by atoms with van der Waals surface area (Å²) >= 11 is 0.630. The van der Waals surface area contributed by atoms with Crippen molar-refractivity contribution in [2.45, 2.75) is 0 Å². The molecule has 1 fully saturated rings. The van der Waals surface area contributed by atoms with Crippen molar-refractivity contribution in [3.63, 3.8) is 0 Å². The summed E-state index contributed by atoms with van der Waals surface area (Å²) in [6.45, 7) is -0.625. The van der Waals surface area contributed by atoms with Crippen LogP contribution in [-0.2, 0) is 9.59 Å². The van der Waals surface area contributed by atoms with E-state index in [1.807, 2.05) is 0 Å². The van der Waals surface area contributed by atoms with E-state index in [2.05, 4.69) is 5.32 Å². The number of nitro benzene ring substituents is 1. The minimum absolute atomic E-state index is 0.0620. The number of nitrogens with one attached hydrogen (secondary N) is 1. The van der Waals surface area contributed by atoms with Crippen molar-refractivity contribution in [2.75, 3.05) is 19.0 Å². The van der Waals surface area contributed by atoms with Crippen LogP contribution in [0, 0.1) is 15.9 Å². The number of carbonyl (C=O) groups is 3. The molecule has 0 aromatic heterocycles. The van der Waals surface area contributed by atoms with Crippen molar-refractivity contribution in [3.8, 4) is 11.5 Å². The predicted octanol–water partition coefficient (Wildman–Crippen LogP) is 3.12. The molecule has 0 atom stereocenters. The molecule has 2 N–H and O–H groups in total. The number of phenolic OH excluding ortho intramolecular Hbond substituents is 1. The Morgan fingerprint density at radius 3 is 2.71 bits per heavy atom. The molecule has 1 aliphatic heterocycles. The highest BCUT2D eigenvalue weighted by Crippen LogP contribution is 2.34. The number of imide groups is 1. The summed E-state index contributed by atoms with van der Waals surface area (Å²) in [6, 6.07) is 7.14. The van der Waals surface area contributed by atoms with Crippen LogP contribution in [0.1, 0.15) is 5.56 Å². The molecule has 10 nitrogen and oxygen atoms in total. The fraction of sp³-hybridized carbons (Fsp3) is 0.105. The Labute approximate surface area is 178 Å². The van der Waals surface area contributed by atoms with Gasteiger partial charge in [-0.2, -0.15) is 4.39 Å². The van der Waals surface area contributed by atoms with E-state index < -0.39 is 40.0 Å². The average molecular weight is 447 g/mol. The van der Waals surface area contributed by atoms with Crippen LogP contribution in [0.15, 0.2) is 41.3 Å². The van der Waals surface area contributed by atoms with Crippen LogP contribution in [0.2, 0.25) is 0 Å². The van der Waals surface area contributed by atoms with Gasteiger partial charge in [-0.05, 0) is 41.6 Å². The van der Waals surface area contributed by atoms with Crippen molar-refractivity contribution in [3.05, 3.63) is 62.8 Å². The minimum atomic E-state index is -1.14. The number of rotatable bonds is 6. The predicted molar refractivity (Wildman–Crippen MR) is 109 cm³/mol. The molecule has 2 aromatic rings. The molecule has 31 heavy (non-hydrogen) atoms. The molecule has 1 heterocycles. The molecule has 0 bridgehead atoms. The largest absolute Gasteiger partial charge is 0.504 e. The minimum Gasteiger partial charge on any atom is -0.504 e. The first kappa shape index (κ1) is 21.8. The van der Waals surface area contributed by atoms with Crippen molar-refractivity contribution in [1.29, 1.82) is 0 Å². The Kier molecular flexibility index (Phi) is 6.20. The highest BCUT2D eigenvalue weighted by atomic mass is 32.2. The van der Waals surface area contributed by atoms with Crippen molar-refractivity contribution in [2.24, 2.45) is 0 Å². The number of hydrogen-bond donors (Lipinski definition) is 2. The smallest absolute Gasteiger partial charge is 0.304 e. The van der Waals surface area contributed by atoms with Gasteiger partial charge in [0.15, 0.2) is 11.5 Å². The zero-order chi connectivity index (χ0) is 22.7. The molecule has 2 aromatic carbocycles. The van der Waals surface area contributed by atoms with Gasteiger partial charge in [0, 0.05) is 17.8 Å². The lowest BCUT2D eigenvalue weighted by Crippen LogP contribution is -2.36. The van der Waals surface area contributed by atoms with Crippen molar-refractivity contribution < 1.29 is 33.5 Å². The quantitative estimate of drug-likeness (QED) is 0.391. The first-order valence-corrected chi connectivity index (χ1v) is 9.37. The standard InChI is InChI=1S/C19H14FN3O7S/c1-30-15-6-10(2-5-14(15)24)7-16-18(26)22(19(27)31-16)9-17(25)21-11-3-4-13(23(28)29)12(20)8-11/h2-8,24H,9H2,1H3,(H,21,25)/b16-7-. The summed E-state index contributed by atoms with van der Waals surface area (Å²) in [4.78, 5) is 47.4. The van der Waals surface area contributed by atoms with E-state index in [1.54, 1.807) is 0 Å². The van der Waals surface area contributed by atoms with Gasteiger partial charge in [0.05, 0.1) is 16.9 Å². The SMILES string of the molecule is COc1cc(/C=C2\SC(=O)N(CC(=O)Nc3ccc([N+](=O)[O-])c(F)c3)C2=O)ccc1O. The number of halogens is 1. The van der Waals surface area contributed by atoms with E-state index in [0.717, 1.165) is 18.2 Å². The van der Waals surface area contributed by atoms with Gasteiger partial charge in [-0.1, -0.05) is 6.07 Å². The number of methoxy groups -OCH3 is 1. The molecule has 3 amide bonds. The third-order valence-corrected chi connectivity index (χ3v) is 5.01. The lowest BCUT2D eigenvalue weighted by Gasteiger charge is -2.12. The van der Waals surface area contributed by atoms with E-state index >= 15 is 0 Å². The van der Waals surface area contributed by atoms with Gasteiger partial charge in [0.1, 0.15) is 6.54 Å². The first-order chi connectivity index (χ1) is 14.7. The van der Waals surface area contributed by atoms with Crippen molar-refractivity contribution >= 4 is 46.3 Å². The number of aromatic hydroxyl groups is 1. The van der Waals surface area contributed by atoms with Gasteiger partial charge in [0.25, 0.3) is 11.1 Å². The van der Waals surface area contributed by atoms with E-state index in [0.29, 0.717) is 22.2 Å². The molecular weight excluding hydrogens is 433 g/mol. The molecule has 0 radical (unpaired) electrons. The maximum atomic E-state index is 13.7. The maximum Gasteiger partial charge on any atom is 0.304 e. The number of ether oxygens (including phenoxy) is 1. The number of hydrogen-bond acceptors (Lipinski definition) is 8. The Morgan fingerprint density at radius 2 is 2.06 bits per heavy atom. The highest BCUT2D eigenvalue weighted by Gasteiger charge is 2.36. The second kappa shape index (κ2) is 8.83. The fourth-order valence-corrected chi connectivity index (χ4v) is 3.49. The third kappa shape index (κ3) is 4.80. The van der Waals surface area contributed by atoms with Crippen LogP contribution in [0.3, 0.4) is 0 Å². The molecule has 12 heteroatoms. The molecule has 3 rings (SSSR count). The molecule has 0 saturated carbocycles. The Hall–Kier alpha value is -3.93. The average Bonchev–Trinajstić information content (AvgIpc) is 2.96. The Morgan fingerprint density at radius 1 is 1.32 bits per heavy atom. The Bertz CT molecular complexity index is 1140. The summed E-state index contributed by atoms with van der Waals surface area (Å²) in [7, 11) is 1.36. The van der Waals surface area contributed by atoms with Gasteiger partial charge in [-0.25, -0.2) is 0 Å². The van der Waals surface area contributed by atoms with Crippen LogP contribution < -0.4 is 10.1 Å². The van der Waals surface area contributed by atoms with Gasteiger partial charge >= 0.3 is 5.69 Å². The van der Waals surface area contributed by atoms with Crippen LogP contribution in [-0.4, -0.2) is 45.6 Å². The van der Waals surface area contributed by atoms with Gasteiger partial charge < -0.3 is 15.2 Å². The highest BCUT2D eigenvalue weighted by molar-refractivity contribution is 8.18. The topological polar surface area (TPSA) is 139 Å². The zero-order valence-corrected chi connectivity index (χ0v) is 16.6. The summed E-state index contributed by atoms with van der Waals surface area (Å²) in [5.41, 5.74) is -0.322. The van der Waals surface area contributed by atoms with E-state index in [-0.39, 0.29) is 22.1 Å². The summed E-state index contributed by atoms with van der Waals surface area (Å²) in [6.07, 6.45) is 1.41. The summed E-state index contributed by atoms with van der Waals surface area (Å²) < 4.78 is 18.7. The zero-order valence-electron chi connectivity index (χ0n) is 15.8. The molecule has 0 spiro atoms. The van der Waals surface area contributed by atoms with Crippen LogP contribution in [0.4, 0.5) is 20.6 Å². The maximum absolute atomic E-state index is 13.7. The monoisotopic (exact) mass is 447 g/mol. The molecular formula is C19H14FN3O7S. The van der Waals surface area contributed by atoms with Gasteiger partial charge in [0.2, 0.25) is 11.7 Å². The fourth-order valence-electron chi connectivity index (χ4n) is 2.65. The third-order valence-electron chi connectivity index (χ3n) is 4.10. The molecule has 0 unspecified atom stereocenters. The number of amides is 3. The lowest BCUT2D eigenvalue weighted by molar-refractivity contribution is -0.387. The number of carbonyl (C=O) groups excluding carboxylic acids is 3. The van der Waals surface area contributed by atoms with E-state index in [9.17, 15) is 34.0 Å². The second-order valence-corrected chi connectivity index (χ2v) is 7.16. The number of thioether (sulfide) groups is 1. The van der Waals surface area contributed by atoms with Crippen LogP contribution in [0.5, 0.6) is 11.5 Å². The van der Waals surface area contributed by atoms with Gasteiger partial charge in [-0.15, -0.1) is 0 Å². The first-order valence-electron chi connectivity index (χ1n) is 8.55. The summed E-state index contributed by atoms with van der Waals surface area (Å²) in [5.74, 6) is -2.54. The van der Waals surface area contributed by atoms with E-state index in [1.165, 1.54) is 31.4 Å². The molecule has 160 valence electrons. The van der Waals surface area contributed by atoms with E-state index in [4.69, 9.17) is 4.74 Å². The molecule has 0 aliphatic carbocycles. The lowest BCUT2D eigenvalue weighted by atomic mass is 10.2. The summed E-state index contributed by atoms with van der Waals surface area (Å²) in [5, 5.41) is 21.9. The number of nitro groups is 1. The molecule has 1 saturated heterocycles. The number of phenols is 1. The number of benzene rings is 2. The normalized spacial score (nSPS) is 14.8. The number of nitrogens with zero attached hydrogens (tertiary/aromatic N) is 2. The van der Waals surface area contributed by atoms with Gasteiger partial charge in [-0.3, -0.25) is 29.4 Å². The number of anilines is 1. The molecule has 1 aliphatic rings. The van der Waals surface area contributed by atoms with Crippen molar-refractivity contribution in [1.82, 2.24) is 4.90 Å². The van der Waals surface area contributed by atoms with Crippen LogP contribution in [0.25, 0.3) is 6.08 Å². The van der Waals surface area contributed by atoms with Crippen LogP contribution >= 0.6 is 11.8 Å².